The smallest absolute Gasteiger partial charge is 0.243 e. The first kappa shape index (κ1) is 20.6. The van der Waals surface area contributed by atoms with Gasteiger partial charge in [-0.15, -0.1) is 0 Å². The van der Waals surface area contributed by atoms with E-state index in [0.717, 1.165) is 42.0 Å². The lowest BCUT2D eigenvalue weighted by molar-refractivity contribution is -0.116. The number of carbonyl (C=O) groups excluding carboxylic acids is 1. The van der Waals surface area contributed by atoms with Crippen LogP contribution in [0.2, 0.25) is 0 Å². The number of ether oxygens (including phenoxy) is 1. The number of aromatic nitrogens is 2. The zero-order valence-electron chi connectivity index (χ0n) is 17.3. The summed E-state index contributed by atoms with van der Waals surface area (Å²) in [6.07, 6.45) is 3.94. The molecule has 0 fully saturated rings. The molecule has 0 radical (unpaired) electrons. The quantitative estimate of drug-likeness (QED) is 0.413. The summed E-state index contributed by atoms with van der Waals surface area (Å²) >= 11 is 0. The van der Waals surface area contributed by atoms with Gasteiger partial charge in [0.1, 0.15) is 11.6 Å². The molecule has 0 saturated heterocycles. The number of amides is 1. The van der Waals surface area contributed by atoms with Crippen LogP contribution in [0, 0.1) is 13.8 Å². The lowest BCUT2D eigenvalue weighted by atomic mass is 10.1. The van der Waals surface area contributed by atoms with Crippen LogP contribution in [0.5, 0.6) is 5.75 Å². The minimum Gasteiger partial charge on any atom is -0.493 e. The lowest BCUT2D eigenvalue weighted by Crippen LogP contribution is -2.24. The zero-order valence-corrected chi connectivity index (χ0v) is 17.3. The number of unbranched alkanes of at least 4 members (excludes halogenated alkanes) is 1. The van der Waals surface area contributed by atoms with Gasteiger partial charge in [-0.25, -0.2) is 4.98 Å². The second-order valence-electron chi connectivity index (χ2n) is 7.17. The van der Waals surface area contributed by atoms with Gasteiger partial charge in [0.2, 0.25) is 5.91 Å². The predicted octanol–water partition coefficient (Wildman–Crippen LogP) is 4.36. The van der Waals surface area contributed by atoms with Gasteiger partial charge < -0.3 is 14.6 Å². The van der Waals surface area contributed by atoms with E-state index < -0.39 is 0 Å². The van der Waals surface area contributed by atoms with Crippen molar-refractivity contribution in [2.75, 3.05) is 13.2 Å². The lowest BCUT2D eigenvalue weighted by Gasteiger charge is -2.12. The third kappa shape index (κ3) is 5.25. The highest BCUT2D eigenvalue weighted by atomic mass is 16.5. The molecule has 0 spiro atoms. The molecular formula is C24H29N3O2. The molecule has 152 valence electrons. The molecule has 0 unspecified atom stereocenters. The van der Waals surface area contributed by atoms with Crippen LogP contribution in [0.4, 0.5) is 0 Å². The molecule has 1 aromatic heterocycles. The Hall–Kier alpha value is -3.08. The van der Waals surface area contributed by atoms with Crippen molar-refractivity contribution >= 4 is 16.9 Å². The van der Waals surface area contributed by atoms with Crippen molar-refractivity contribution in [1.29, 1.82) is 0 Å². The fourth-order valence-corrected chi connectivity index (χ4v) is 3.37. The molecule has 0 aliphatic heterocycles. The monoisotopic (exact) mass is 391 g/mol. The molecule has 1 amide bonds. The van der Waals surface area contributed by atoms with Gasteiger partial charge in [-0.3, -0.25) is 4.79 Å². The molecule has 0 aliphatic carbocycles. The molecule has 0 saturated carbocycles. The van der Waals surface area contributed by atoms with Gasteiger partial charge in [0.15, 0.2) is 0 Å². The summed E-state index contributed by atoms with van der Waals surface area (Å²) < 4.78 is 8.23. The first-order valence-electron chi connectivity index (χ1n) is 10.1. The van der Waals surface area contributed by atoms with Gasteiger partial charge >= 0.3 is 0 Å². The second-order valence-corrected chi connectivity index (χ2v) is 7.17. The van der Waals surface area contributed by atoms with Gasteiger partial charge in [0, 0.05) is 19.5 Å². The number of imidazole rings is 1. The van der Waals surface area contributed by atoms with Crippen LogP contribution in [0.25, 0.3) is 11.0 Å². The molecule has 3 rings (SSSR count). The summed E-state index contributed by atoms with van der Waals surface area (Å²) in [5.74, 6) is 1.80. The van der Waals surface area contributed by atoms with E-state index in [1.807, 2.05) is 30.3 Å². The van der Waals surface area contributed by atoms with Crippen molar-refractivity contribution in [2.24, 2.45) is 0 Å². The average Bonchev–Trinajstić information content (AvgIpc) is 3.08. The third-order valence-corrected chi connectivity index (χ3v) is 5.16. The Morgan fingerprint density at radius 2 is 2.00 bits per heavy atom. The number of fused-ring (bicyclic) bond motifs is 1. The van der Waals surface area contributed by atoms with E-state index in [9.17, 15) is 4.79 Å². The highest BCUT2D eigenvalue weighted by Gasteiger charge is 2.10. The first-order chi connectivity index (χ1) is 14.1. The van der Waals surface area contributed by atoms with Gasteiger partial charge in [0.05, 0.1) is 17.6 Å². The standard InChI is InChI=1S/C24H29N3O2/c1-4-24(28)25-15-14-23-26-20-11-5-6-12-21(20)27(23)16-7-8-17-29-22-13-9-10-18(2)19(22)3/h4-6,9-13H,1,7-8,14-17H2,2-3H3,(H,25,28). The van der Waals surface area contributed by atoms with Crippen molar-refractivity contribution in [3.63, 3.8) is 0 Å². The van der Waals surface area contributed by atoms with Crippen LogP contribution in [0.15, 0.2) is 55.1 Å². The predicted molar refractivity (Wildman–Crippen MR) is 117 cm³/mol. The normalized spacial score (nSPS) is 10.8. The maximum atomic E-state index is 11.4. The zero-order chi connectivity index (χ0) is 20.6. The van der Waals surface area contributed by atoms with Gasteiger partial charge in [-0.1, -0.05) is 30.8 Å². The average molecular weight is 392 g/mol. The number of nitrogens with zero attached hydrogens (tertiary/aromatic N) is 2. The van der Waals surface area contributed by atoms with Crippen LogP contribution in [0.3, 0.4) is 0 Å². The largest absolute Gasteiger partial charge is 0.493 e. The maximum Gasteiger partial charge on any atom is 0.243 e. The molecule has 0 aliphatic rings. The van der Waals surface area contributed by atoms with E-state index in [1.54, 1.807) is 0 Å². The number of hydrogen-bond donors (Lipinski definition) is 1. The Bertz CT molecular complexity index is 991. The minimum absolute atomic E-state index is 0.156. The van der Waals surface area contributed by atoms with Crippen molar-refractivity contribution in [3.05, 3.63) is 72.1 Å². The fourth-order valence-electron chi connectivity index (χ4n) is 3.37. The number of carbonyl (C=O) groups is 1. The minimum atomic E-state index is -0.156. The Morgan fingerprint density at radius 3 is 2.83 bits per heavy atom. The summed E-state index contributed by atoms with van der Waals surface area (Å²) in [5, 5.41) is 2.83. The number of hydrogen-bond acceptors (Lipinski definition) is 3. The van der Waals surface area contributed by atoms with Crippen molar-refractivity contribution in [1.82, 2.24) is 14.9 Å². The highest BCUT2D eigenvalue weighted by molar-refractivity contribution is 5.86. The second kappa shape index (κ2) is 9.92. The summed E-state index contributed by atoms with van der Waals surface area (Å²) in [6, 6.07) is 14.3. The molecular weight excluding hydrogens is 362 g/mol. The van der Waals surface area contributed by atoms with Crippen LogP contribution < -0.4 is 10.1 Å². The van der Waals surface area contributed by atoms with Crippen molar-refractivity contribution < 1.29 is 9.53 Å². The molecule has 0 atom stereocenters. The van der Waals surface area contributed by atoms with E-state index in [1.165, 1.54) is 17.2 Å². The van der Waals surface area contributed by atoms with E-state index in [0.29, 0.717) is 19.6 Å². The molecule has 3 aromatic rings. The highest BCUT2D eigenvalue weighted by Crippen LogP contribution is 2.21. The van der Waals surface area contributed by atoms with Crippen LogP contribution >= 0.6 is 0 Å². The van der Waals surface area contributed by atoms with E-state index in [2.05, 4.69) is 42.4 Å². The van der Waals surface area contributed by atoms with Crippen LogP contribution in [-0.2, 0) is 17.8 Å². The summed E-state index contributed by atoms with van der Waals surface area (Å²) in [4.78, 5) is 16.2. The Morgan fingerprint density at radius 1 is 1.17 bits per heavy atom. The molecule has 1 N–H and O–H groups in total. The van der Waals surface area contributed by atoms with E-state index in [4.69, 9.17) is 9.72 Å². The van der Waals surface area contributed by atoms with E-state index >= 15 is 0 Å². The molecule has 1 heterocycles. The molecule has 2 aromatic carbocycles. The Balaban J connectivity index is 1.58. The van der Waals surface area contributed by atoms with Crippen LogP contribution in [0.1, 0.15) is 29.8 Å². The Kier molecular flexibility index (Phi) is 7.06. The van der Waals surface area contributed by atoms with Crippen molar-refractivity contribution in [2.45, 2.75) is 39.7 Å². The third-order valence-electron chi connectivity index (χ3n) is 5.16. The topological polar surface area (TPSA) is 56.2 Å². The van der Waals surface area contributed by atoms with Gasteiger partial charge in [-0.05, 0) is 62.1 Å². The fraction of sp³-hybridized carbons (Fsp3) is 0.333. The SMILES string of the molecule is C=CC(=O)NCCc1nc2ccccc2n1CCCCOc1cccc(C)c1C. The number of nitrogens with one attached hydrogen (secondary N) is 1. The summed E-state index contributed by atoms with van der Waals surface area (Å²) in [6.45, 7) is 9.80. The number of benzene rings is 2. The van der Waals surface area contributed by atoms with Crippen LogP contribution in [-0.4, -0.2) is 28.6 Å². The van der Waals surface area contributed by atoms with Gasteiger partial charge in [-0.2, -0.15) is 0 Å². The van der Waals surface area contributed by atoms with Gasteiger partial charge in [0.25, 0.3) is 0 Å². The molecule has 5 nitrogen and oxygen atoms in total. The number of para-hydroxylation sites is 2. The molecule has 5 heteroatoms. The van der Waals surface area contributed by atoms with E-state index in [-0.39, 0.29) is 5.91 Å². The maximum absolute atomic E-state index is 11.4. The summed E-state index contributed by atoms with van der Waals surface area (Å²) in [5.41, 5.74) is 4.58. The number of rotatable bonds is 10. The Labute approximate surface area is 172 Å². The molecule has 29 heavy (non-hydrogen) atoms. The first-order valence-corrected chi connectivity index (χ1v) is 10.1. The number of aryl methyl sites for hydroxylation is 2. The van der Waals surface area contributed by atoms with Crippen molar-refractivity contribution in [3.8, 4) is 5.75 Å². The summed E-state index contributed by atoms with van der Waals surface area (Å²) in [7, 11) is 0. The molecule has 0 bridgehead atoms.